The zero-order valence-electron chi connectivity index (χ0n) is 11.3. The van der Waals surface area contributed by atoms with Gasteiger partial charge in [-0.25, -0.2) is 4.98 Å². The van der Waals surface area contributed by atoms with Gasteiger partial charge in [0.15, 0.2) is 5.65 Å². The predicted molar refractivity (Wildman–Crippen MR) is 73.0 cm³/mol. The monoisotopic (exact) mass is 256 g/mol. The van der Waals surface area contributed by atoms with Gasteiger partial charge in [-0.1, -0.05) is 0 Å². The highest BCUT2D eigenvalue weighted by atomic mass is 15.3. The van der Waals surface area contributed by atoms with E-state index < -0.39 is 0 Å². The fraction of sp³-hybridized carbons (Fsp3) is 0.308. The topological polar surface area (TPSA) is 51.2 Å². The van der Waals surface area contributed by atoms with E-state index >= 15 is 0 Å². The van der Waals surface area contributed by atoms with Crippen molar-refractivity contribution in [2.75, 3.05) is 11.9 Å². The van der Waals surface area contributed by atoms with Gasteiger partial charge in [0.05, 0.1) is 12.4 Å². The number of hydrogen-bond acceptors (Lipinski definition) is 4. The molecule has 0 atom stereocenters. The van der Waals surface area contributed by atoms with Gasteiger partial charge in [-0.2, -0.15) is 14.7 Å². The van der Waals surface area contributed by atoms with E-state index in [1.165, 1.54) is 5.56 Å². The lowest BCUT2D eigenvalue weighted by atomic mass is 10.3. The zero-order valence-corrected chi connectivity index (χ0v) is 11.3. The molecule has 98 valence electrons. The molecule has 0 amide bonds. The molecular weight excluding hydrogens is 240 g/mol. The first-order valence-corrected chi connectivity index (χ1v) is 6.13. The lowest BCUT2D eigenvalue weighted by molar-refractivity contribution is 0.765. The molecule has 19 heavy (non-hydrogen) atoms. The molecule has 0 aromatic carbocycles. The molecule has 3 aromatic heterocycles. The number of nitrogens with zero attached hydrogens (tertiary/aromatic N) is 6. The maximum Gasteiger partial charge on any atom is 0.157 e. The summed E-state index contributed by atoms with van der Waals surface area (Å²) in [6.07, 6.45) is 5.67. The molecule has 0 saturated heterocycles. The Hall–Kier alpha value is -2.37. The maximum atomic E-state index is 4.45. The van der Waals surface area contributed by atoms with Crippen LogP contribution in [-0.4, -0.2) is 31.4 Å². The Labute approximate surface area is 111 Å². The zero-order chi connectivity index (χ0) is 13.4. The number of hydrogen-bond donors (Lipinski definition) is 0. The van der Waals surface area contributed by atoms with E-state index in [4.69, 9.17) is 0 Å². The van der Waals surface area contributed by atoms with Crippen LogP contribution in [0.5, 0.6) is 0 Å². The fourth-order valence-corrected chi connectivity index (χ4v) is 2.20. The molecule has 3 heterocycles. The van der Waals surface area contributed by atoms with Crippen LogP contribution in [0, 0.1) is 6.92 Å². The Bertz CT molecular complexity index is 711. The highest BCUT2D eigenvalue weighted by Crippen LogP contribution is 2.17. The number of rotatable bonds is 3. The third kappa shape index (κ3) is 2.16. The van der Waals surface area contributed by atoms with Crippen LogP contribution < -0.4 is 4.90 Å². The van der Waals surface area contributed by atoms with Gasteiger partial charge >= 0.3 is 0 Å². The summed E-state index contributed by atoms with van der Waals surface area (Å²) in [5.74, 6) is 1.02. The molecule has 0 fully saturated rings. The molecule has 6 heteroatoms. The van der Waals surface area contributed by atoms with Crippen molar-refractivity contribution >= 4 is 11.5 Å². The van der Waals surface area contributed by atoms with E-state index in [2.05, 4.69) is 20.1 Å². The van der Waals surface area contributed by atoms with Crippen LogP contribution in [0.25, 0.3) is 5.65 Å². The van der Waals surface area contributed by atoms with Crippen molar-refractivity contribution in [3.05, 3.63) is 42.0 Å². The molecule has 0 saturated carbocycles. The number of fused-ring (bicyclic) bond motifs is 1. The molecule has 0 N–H and O–H groups in total. The van der Waals surface area contributed by atoms with Crippen molar-refractivity contribution in [3.63, 3.8) is 0 Å². The Kier molecular flexibility index (Phi) is 2.70. The second kappa shape index (κ2) is 4.38. The second-order valence-electron chi connectivity index (χ2n) is 4.74. The first-order chi connectivity index (χ1) is 9.13. The van der Waals surface area contributed by atoms with Crippen LogP contribution in [0.1, 0.15) is 11.3 Å². The molecule has 0 radical (unpaired) electrons. The SMILES string of the molecule is Cc1cc(N(C)Cc2cnn(C)c2)n2nccc2n1. The maximum absolute atomic E-state index is 4.45. The van der Waals surface area contributed by atoms with Crippen LogP contribution in [0.15, 0.2) is 30.7 Å². The van der Waals surface area contributed by atoms with Gasteiger partial charge in [-0.3, -0.25) is 4.68 Å². The molecular formula is C13H16N6. The van der Waals surface area contributed by atoms with Crippen LogP contribution >= 0.6 is 0 Å². The standard InChI is InChI=1S/C13H16N6/c1-10-6-13(19-12(16-10)4-5-14-19)17(2)8-11-7-15-18(3)9-11/h4-7,9H,8H2,1-3H3. The van der Waals surface area contributed by atoms with E-state index in [9.17, 15) is 0 Å². The van der Waals surface area contributed by atoms with Gasteiger partial charge in [0.1, 0.15) is 5.82 Å². The first kappa shape index (κ1) is 11.7. The summed E-state index contributed by atoms with van der Waals surface area (Å²) >= 11 is 0. The second-order valence-corrected chi connectivity index (χ2v) is 4.74. The summed E-state index contributed by atoms with van der Waals surface area (Å²) in [5, 5.41) is 8.51. The number of aryl methyl sites for hydroxylation is 2. The molecule has 0 spiro atoms. The van der Waals surface area contributed by atoms with E-state index in [0.717, 1.165) is 23.7 Å². The van der Waals surface area contributed by atoms with Crippen LogP contribution in [0.3, 0.4) is 0 Å². The van der Waals surface area contributed by atoms with Crippen molar-refractivity contribution in [3.8, 4) is 0 Å². The number of anilines is 1. The van der Waals surface area contributed by atoms with E-state index in [1.54, 1.807) is 6.20 Å². The molecule has 3 aromatic rings. The molecule has 6 nitrogen and oxygen atoms in total. The summed E-state index contributed by atoms with van der Waals surface area (Å²) in [4.78, 5) is 6.59. The van der Waals surface area contributed by atoms with Crippen molar-refractivity contribution in [2.45, 2.75) is 13.5 Å². The Balaban J connectivity index is 1.96. The minimum Gasteiger partial charge on any atom is -0.355 e. The van der Waals surface area contributed by atoms with E-state index in [0.29, 0.717) is 0 Å². The van der Waals surface area contributed by atoms with Gasteiger partial charge in [-0.05, 0) is 6.92 Å². The highest BCUT2D eigenvalue weighted by Gasteiger charge is 2.10. The minimum atomic E-state index is 0.784. The average Bonchev–Trinajstić information content (AvgIpc) is 2.96. The Morgan fingerprint density at radius 3 is 2.89 bits per heavy atom. The smallest absolute Gasteiger partial charge is 0.157 e. The summed E-state index contributed by atoms with van der Waals surface area (Å²) < 4.78 is 3.66. The lowest BCUT2D eigenvalue weighted by Gasteiger charge is -2.19. The van der Waals surface area contributed by atoms with Crippen molar-refractivity contribution < 1.29 is 0 Å². The Morgan fingerprint density at radius 1 is 1.32 bits per heavy atom. The fourth-order valence-electron chi connectivity index (χ4n) is 2.20. The normalized spacial score (nSPS) is 11.1. The van der Waals surface area contributed by atoms with Crippen LogP contribution in [0.2, 0.25) is 0 Å². The largest absolute Gasteiger partial charge is 0.355 e. The van der Waals surface area contributed by atoms with Gasteiger partial charge in [0, 0.05) is 50.2 Å². The molecule has 0 unspecified atom stereocenters. The molecule has 3 rings (SSSR count). The molecule has 0 aliphatic rings. The van der Waals surface area contributed by atoms with Crippen molar-refractivity contribution in [1.82, 2.24) is 24.4 Å². The third-order valence-corrected chi connectivity index (χ3v) is 3.04. The van der Waals surface area contributed by atoms with E-state index in [-0.39, 0.29) is 0 Å². The quantitative estimate of drug-likeness (QED) is 0.711. The van der Waals surface area contributed by atoms with Gasteiger partial charge in [0.25, 0.3) is 0 Å². The average molecular weight is 256 g/mol. The molecule has 0 aliphatic heterocycles. The van der Waals surface area contributed by atoms with Crippen molar-refractivity contribution in [2.24, 2.45) is 7.05 Å². The summed E-state index contributed by atoms with van der Waals surface area (Å²) in [5.41, 5.74) is 3.02. The third-order valence-electron chi connectivity index (χ3n) is 3.04. The van der Waals surface area contributed by atoms with Crippen LogP contribution in [-0.2, 0) is 13.6 Å². The lowest BCUT2D eigenvalue weighted by Crippen LogP contribution is -2.20. The van der Waals surface area contributed by atoms with Gasteiger partial charge in [0.2, 0.25) is 0 Å². The van der Waals surface area contributed by atoms with Crippen molar-refractivity contribution in [1.29, 1.82) is 0 Å². The van der Waals surface area contributed by atoms with E-state index in [1.807, 2.05) is 54.7 Å². The highest BCUT2D eigenvalue weighted by molar-refractivity contribution is 5.50. The summed E-state index contributed by atoms with van der Waals surface area (Å²) in [6.45, 7) is 2.78. The summed E-state index contributed by atoms with van der Waals surface area (Å²) in [7, 11) is 3.97. The van der Waals surface area contributed by atoms with Gasteiger partial charge < -0.3 is 4.90 Å². The van der Waals surface area contributed by atoms with Crippen LogP contribution in [0.4, 0.5) is 5.82 Å². The molecule has 0 bridgehead atoms. The molecule has 0 aliphatic carbocycles. The number of aromatic nitrogens is 5. The Morgan fingerprint density at radius 2 is 2.16 bits per heavy atom. The first-order valence-electron chi connectivity index (χ1n) is 6.13. The van der Waals surface area contributed by atoms with Gasteiger partial charge in [-0.15, -0.1) is 0 Å². The minimum absolute atomic E-state index is 0.784. The summed E-state index contributed by atoms with van der Waals surface area (Å²) in [6, 6.07) is 3.95. The predicted octanol–water partition coefficient (Wildman–Crippen LogP) is 1.41.